The smallest absolute Gasteiger partial charge is 0.0361 e. The second kappa shape index (κ2) is 5.87. The molecule has 5 rings (SSSR count). The predicted molar refractivity (Wildman–Crippen MR) is 112 cm³/mol. The Labute approximate surface area is 150 Å². The molecule has 0 saturated carbocycles. The van der Waals surface area contributed by atoms with Crippen LogP contribution in [0.1, 0.15) is 11.1 Å². The highest BCUT2D eigenvalue weighted by atomic mass is 32.1. The lowest BCUT2D eigenvalue weighted by Crippen LogP contribution is -1.78. The number of fused-ring (bicyclic) bond motifs is 4. The average Bonchev–Trinajstić information content (AvgIpc) is 3.05. The molecular formula is C24H16S. The lowest BCUT2D eigenvalue weighted by atomic mass is 10.0. The zero-order chi connectivity index (χ0) is 16.6. The molecular weight excluding hydrogens is 320 g/mol. The Kier molecular flexibility index (Phi) is 3.39. The van der Waals surface area contributed by atoms with Gasteiger partial charge in [0.05, 0.1) is 0 Å². The Hall–Kier alpha value is -2.90. The molecule has 0 radical (unpaired) electrons. The van der Waals surface area contributed by atoms with E-state index in [0.717, 1.165) is 0 Å². The van der Waals surface area contributed by atoms with Crippen LogP contribution in [0.5, 0.6) is 0 Å². The molecule has 1 heteroatoms. The molecule has 0 aliphatic heterocycles. The highest BCUT2D eigenvalue weighted by Crippen LogP contribution is 2.36. The van der Waals surface area contributed by atoms with Crippen LogP contribution >= 0.6 is 11.3 Å². The summed E-state index contributed by atoms with van der Waals surface area (Å²) in [4.78, 5) is 0. The van der Waals surface area contributed by atoms with E-state index in [9.17, 15) is 0 Å². The van der Waals surface area contributed by atoms with Crippen LogP contribution < -0.4 is 0 Å². The van der Waals surface area contributed by atoms with Crippen LogP contribution in [-0.2, 0) is 0 Å². The van der Waals surface area contributed by atoms with Gasteiger partial charge in [-0.25, -0.2) is 0 Å². The standard InChI is InChI=1S/C24H16S/c1-2-11-20-17(7-1)8-5-9-18(20)15-16-19-10-6-14-23-24(19)21-12-3-4-13-22(21)25-23/h1-16H/b16-15+. The first-order valence-electron chi connectivity index (χ1n) is 8.46. The first-order valence-corrected chi connectivity index (χ1v) is 9.28. The second-order valence-electron chi connectivity index (χ2n) is 6.22. The maximum atomic E-state index is 2.25. The molecule has 0 aliphatic rings. The minimum atomic E-state index is 1.26. The van der Waals surface area contributed by atoms with Crippen molar-refractivity contribution in [2.24, 2.45) is 0 Å². The zero-order valence-electron chi connectivity index (χ0n) is 13.6. The minimum absolute atomic E-state index is 1.26. The Bertz CT molecular complexity index is 1240. The third kappa shape index (κ3) is 2.45. The van der Waals surface area contributed by atoms with Gasteiger partial charge in [0.15, 0.2) is 0 Å². The van der Waals surface area contributed by atoms with E-state index >= 15 is 0 Å². The van der Waals surface area contributed by atoms with Crippen molar-refractivity contribution in [3.05, 3.63) is 96.1 Å². The van der Waals surface area contributed by atoms with E-state index in [4.69, 9.17) is 0 Å². The molecule has 0 saturated heterocycles. The largest absolute Gasteiger partial charge is 0.135 e. The van der Waals surface area contributed by atoms with Crippen molar-refractivity contribution < 1.29 is 0 Å². The predicted octanol–water partition coefficient (Wildman–Crippen LogP) is 7.38. The summed E-state index contributed by atoms with van der Waals surface area (Å²) in [5, 5.41) is 5.28. The van der Waals surface area contributed by atoms with Gasteiger partial charge in [-0.05, 0) is 34.0 Å². The summed E-state index contributed by atoms with van der Waals surface area (Å²) in [6, 6.07) is 30.3. The minimum Gasteiger partial charge on any atom is -0.135 e. The monoisotopic (exact) mass is 336 g/mol. The van der Waals surface area contributed by atoms with Crippen molar-refractivity contribution in [2.75, 3.05) is 0 Å². The molecule has 0 aliphatic carbocycles. The topological polar surface area (TPSA) is 0 Å². The van der Waals surface area contributed by atoms with Gasteiger partial charge in [-0.2, -0.15) is 0 Å². The lowest BCUT2D eigenvalue weighted by molar-refractivity contribution is 1.71. The van der Waals surface area contributed by atoms with Crippen molar-refractivity contribution in [1.29, 1.82) is 0 Å². The molecule has 0 fully saturated rings. The van der Waals surface area contributed by atoms with E-state index in [1.165, 1.54) is 42.1 Å². The summed E-state index contributed by atoms with van der Waals surface area (Å²) in [6.45, 7) is 0. The first kappa shape index (κ1) is 14.4. The third-order valence-electron chi connectivity index (χ3n) is 4.70. The molecule has 1 heterocycles. The molecule has 118 valence electrons. The van der Waals surface area contributed by atoms with Crippen molar-refractivity contribution in [2.45, 2.75) is 0 Å². The molecule has 0 nitrogen and oxygen atoms in total. The lowest BCUT2D eigenvalue weighted by Gasteiger charge is -2.03. The van der Waals surface area contributed by atoms with Gasteiger partial charge >= 0.3 is 0 Å². The van der Waals surface area contributed by atoms with Gasteiger partial charge in [-0.3, -0.25) is 0 Å². The summed E-state index contributed by atoms with van der Waals surface area (Å²) in [5.74, 6) is 0. The van der Waals surface area contributed by atoms with Gasteiger partial charge in [0.2, 0.25) is 0 Å². The van der Waals surface area contributed by atoms with Gasteiger partial charge in [-0.1, -0.05) is 84.9 Å². The Morgan fingerprint density at radius 1 is 0.520 bits per heavy atom. The van der Waals surface area contributed by atoms with E-state index in [1.54, 1.807) is 0 Å². The number of thiophene rings is 1. The van der Waals surface area contributed by atoms with Crippen LogP contribution in [0.15, 0.2) is 84.9 Å². The molecule has 0 amide bonds. The quantitative estimate of drug-likeness (QED) is 0.295. The molecule has 0 spiro atoms. The van der Waals surface area contributed by atoms with E-state index in [1.807, 2.05) is 11.3 Å². The summed E-state index contributed by atoms with van der Waals surface area (Å²) < 4.78 is 2.70. The number of hydrogen-bond donors (Lipinski definition) is 0. The molecule has 0 bridgehead atoms. The second-order valence-corrected chi connectivity index (χ2v) is 7.30. The molecule has 0 atom stereocenters. The molecule has 1 aromatic heterocycles. The molecule has 4 aromatic carbocycles. The van der Waals surface area contributed by atoms with Crippen molar-refractivity contribution in [3.63, 3.8) is 0 Å². The number of benzene rings is 4. The fourth-order valence-electron chi connectivity index (χ4n) is 3.52. The van der Waals surface area contributed by atoms with Gasteiger partial charge in [0, 0.05) is 20.2 Å². The highest BCUT2D eigenvalue weighted by Gasteiger charge is 2.07. The molecule has 5 aromatic rings. The van der Waals surface area contributed by atoms with Crippen LogP contribution in [0.4, 0.5) is 0 Å². The SMILES string of the molecule is C(=C\c1cccc2sc3ccccc3c12)/c1cccc2ccccc12. The van der Waals surface area contributed by atoms with Gasteiger partial charge in [-0.15, -0.1) is 11.3 Å². The fraction of sp³-hybridized carbons (Fsp3) is 0. The Morgan fingerprint density at radius 3 is 2.12 bits per heavy atom. The Balaban J connectivity index is 1.70. The van der Waals surface area contributed by atoms with Crippen molar-refractivity contribution in [1.82, 2.24) is 0 Å². The number of hydrogen-bond acceptors (Lipinski definition) is 1. The zero-order valence-corrected chi connectivity index (χ0v) is 14.5. The summed E-state index contributed by atoms with van der Waals surface area (Å²) in [5.41, 5.74) is 2.54. The highest BCUT2D eigenvalue weighted by molar-refractivity contribution is 7.25. The van der Waals surface area contributed by atoms with Crippen LogP contribution in [0, 0.1) is 0 Å². The molecule has 0 N–H and O–H groups in total. The summed E-state index contributed by atoms with van der Waals surface area (Å²) in [6.07, 6.45) is 4.49. The van der Waals surface area contributed by atoms with E-state index in [-0.39, 0.29) is 0 Å². The fourth-order valence-corrected chi connectivity index (χ4v) is 4.66. The third-order valence-corrected chi connectivity index (χ3v) is 5.84. The molecule has 0 unspecified atom stereocenters. The number of rotatable bonds is 2. The van der Waals surface area contributed by atoms with E-state index in [2.05, 4.69) is 97.1 Å². The van der Waals surface area contributed by atoms with Crippen LogP contribution in [-0.4, -0.2) is 0 Å². The van der Waals surface area contributed by atoms with E-state index in [0.29, 0.717) is 0 Å². The first-order chi connectivity index (χ1) is 12.4. The van der Waals surface area contributed by atoms with Crippen LogP contribution in [0.3, 0.4) is 0 Å². The normalized spacial score (nSPS) is 11.8. The summed E-state index contributed by atoms with van der Waals surface area (Å²) in [7, 11) is 0. The summed E-state index contributed by atoms with van der Waals surface area (Å²) >= 11 is 1.87. The average molecular weight is 336 g/mol. The van der Waals surface area contributed by atoms with Gasteiger partial charge in [0.1, 0.15) is 0 Å². The van der Waals surface area contributed by atoms with Crippen molar-refractivity contribution >= 4 is 54.4 Å². The van der Waals surface area contributed by atoms with Crippen LogP contribution in [0.2, 0.25) is 0 Å². The van der Waals surface area contributed by atoms with Crippen molar-refractivity contribution in [3.8, 4) is 0 Å². The Morgan fingerprint density at radius 2 is 1.16 bits per heavy atom. The maximum Gasteiger partial charge on any atom is 0.0361 e. The van der Waals surface area contributed by atoms with Gasteiger partial charge < -0.3 is 0 Å². The maximum absolute atomic E-state index is 2.25. The van der Waals surface area contributed by atoms with Gasteiger partial charge in [0.25, 0.3) is 0 Å². The van der Waals surface area contributed by atoms with Crippen LogP contribution in [0.25, 0.3) is 43.1 Å². The van der Waals surface area contributed by atoms with E-state index < -0.39 is 0 Å². The molecule has 25 heavy (non-hydrogen) atoms.